The Bertz CT molecular complexity index is 705. The highest BCUT2D eigenvalue weighted by atomic mass is 16.4. The van der Waals surface area contributed by atoms with E-state index in [4.69, 9.17) is 16.1 Å². The van der Waals surface area contributed by atoms with Gasteiger partial charge in [-0.1, -0.05) is 6.07 Å². The Balaban J connectivity index is 2.43. The number of benzene rings is 2. The van der Waals surface area contributed by atoms with Crippen LogP contribution in [0.25, 0.3) is 0 Å². The van der Waals surface area contributed by atoms with Gasteiger partial charge in [-0.05, 0) is 36.4 Å². The van der Waals surface area contributed by atoms with Crippen molar-refractivity contribution in [2.24, 2.45) is 0 Å². The number of aromatic carboxylic acids is 1. The van der Waals surface area contributed by atoms with Gasteiger partial charge in [0.15, 0.2) is 0 Å². The van der Waals surface area contributed by atoms with Crippen LogP contribution in [-0.4, -0.2) is 18.1 Å². The lowest BCUT2D eigenvalue weighted by molar-refractivity contribution is 0.0698. The van der Waals surface area contributed by atoms with Gasteiger partial charge >= 0.3 is 5.97 Å². The van der Waals surface area contributed by atoms with Gasteiger partial charge < -0.3 is 15.7 Å². The summed E-state index contributed by atoms with van der Waals surface area (Å²) in [5.74, 6) is -1.07. The lowest BCUT2D eigenvalue weighted by Crippen LogP contribution is -2.11. The number of anilines is 3. The number of rotatable bonds is 3. The molecule has 0 radical (unpaired) electrons. The molecule has 0 bridgehead atoms. The van der Waals surface area contributed by atoms with Crippen molar-refractivity contribution in [3.8, 4) is 6.07 Å². The topological polar surface area (TPSA) is 90.4 Å². The summed E-state index contributed by atoms with van der Waals surface area (Å²) in [5, 5.41) is 18.0. The van der Waals surface area contributed by atoms with E-state index in [1.54, 1.807) is 42.3 Å². The van der Waals surface area contributed by atoms with E-state index in [9.17, 15) is 4.79 Å². The van der Waals surface area contributed by atoms with Crippen LogP contribution in [0.15, 0.2) is 42.5 Å². The van der Waals surface area contributed by atoms with Crippen molar-refractivity contribution in [1.82, 2.24) is 0 Å². The number of nitrogens with zero attached hydrogens (tertiary/aromatic N) is 2. The Kier molecular flexibility index (Phi) is 3.58. The third-order valence-electron chi connectivity index (χ3n) is 3.02. The summed E-state index contributed by atoms with van der Waals surface area (Å²) in [5.41, 5.74) is 7.94. The van der Waals surface area contributed by atoms with Crippen molar-refractivity contribution in [3.05, 3.63) is 53.6 Å². The summed E-state index contributed by atoms with van der Waals surface area (Å²) < 4.78 is 0. The van der Waals surface area contributed by atoms with E-state index in [1.165, 1.54) is 6.07 Å². The molecule has 2 aromatic rings. The number of carbonyl (C=O) groups is 1. The molecule has 0 aliphatic carbocycles. The number of nitriles is 1. The fourth-order valence-electron chi connectivity index (χ4n) is 1.87. The summed E-state index contributed by atoms with van der Waals surface area (Å²) in [6.07, 6.45) is 0. The van der Waals surface area contributed by atoms with E-state index in [2.05, 4.69) is 6.07 Å². The van der Waals surface area contributed by atoms with Crippen molar-refractivity contribution in [1.29, 1.82) is 5.26 Å². The number of carboxylic acid groups (broad SMARTS) is 1. The number of hydrogen-bond acceptors (Lipinski definition) is 4. The van der Waals surface area contributed by atoms with Gasteiger partial charge in [-0.15, -0.1) is 0 Å². The Morgan fingerprint density at radius 2 is 1.95 bits per heavy atom. The SMILES string of the molecule is CN(c1cccc(C#N)c1)c1ccc(N)c(C(=O)O)c1. The van der Waals surface area contributed by atoms with Crippen LogP contribution in [-0.2, 0) is 0 Å². The van der Waals surface area contributed by atoms with Gasteiger partial charge in [0.05, 0.1) is 17.2 Å². The van der Waals surface area contributed by atoms with Gasteiger partial charge in [0.25, 0.3) is 0 Å². The molecule has 0 amide bonds. The molecule has 0 saturated heterocycles. The van der Waals surface area contributed by atoms with Crippen molar-refractivity contribution < 1.29 is 9.90 Å². The first-order chi connectivity index (χ1) is 9.52. The molecular weight excluding hydrogens is 254 g/mol. The second-order valence-corrected chi connectivity index (χ2v) is 4.30. The minimum Gasteiger partial charge on any atom is -0.478 e. The van der Waals surface area contributed by atoms with Crippen LogP contribution in [0, 0.1) is 11.3 Å². The highest BCUT2D eigenvalue weighted by Gasteiger charge is 2.11. The predicted molar refractivity (Wildman–Crippen MR) is 77.0 cm³/mol. The quantitative estimate of drug-likeness (QED) is 0.834. The molecule has 0 fully saturated rings. The van der Waals surface area contributed by atoms with Crippen molar-refractivity contribution in [3.63, 3.8) is 0 Å². The Morgan fingerprint density at radius 3 is 2.60 bits per heavy atom. The average molecular weight is 267 g/mol. The standard InChI is InChI=1S/C15H13N3O2/c1-18(11-4-2-3-10(7-11)9-16)12-5-6-14(17)13(8-12)15(19)20/h2-8H,17H2,1H3,(H,19,20). The highest BCUT2D eigenvalue weighted by Crippen LogP contribution is 2.27. The summed E-state index contributed by atoms with van der Waals surface area (Å²) in [4.78, 5) is 12.9. The summed E-state index contributed by atoms with van der Waals surface area (Å²) >= 11 is 0. The number of carboxylic acids is 1. The fourth-order valence-corrected chi connectivity index (χ4v) is 1.87. The molecule has 2 aromatic carbocycles. The summed E-state index contributed by atoms with van der Waals surface area (Å²) in [6.45, 7) is 0. The van der Waals surface area contributed by atoms with Crippen LogP contribution in [0.2, 0.25) is 0 Å². The Hall–Kier alpha value is -3.00. The minimum atomic E-state index is -1.07. The normalized spacial score (nSPS) is 9.80. The molecule has 20 heavy (non-hydrogen) atoms. The molecular formula is C15H13N3O2. The zero-order chi connectivity index (χ0) is 14.7. The van der Waals surface area contributed by atoms with Gasteiger partial charge in [-0.3, -0.25) is 0 Å². The summed E-state index contributed by atoms with van der Waals surface area (Å²) in [7, 11) is 1.80. The van der Waals surface area contributed by atoms with E-state index in [-0.39, 0.29) is 11.3 Å². The van der Waals surface area contributed by atoms with Gasteiger partial charge in [-0.25, -0.2) is 4.79 Å². The molecule has 3 N–H and O–H groups in total. The molecule has 2 rings (SSSR count). The second-order valence-electron chi connectivity index (χ2n) is 4.30. The minimum absolute atomic E-state index is 0.0609. The average Bonchev–Trinajstić information content (AvgIpc) is 2.46. The van der Waals surface area contributed by atoms with E-state index in [0.29, 0.717) is 11.3 Å². The molecule has 5 nitrogen and oxygen atoms in total. The maximum atomic E-state index is 11.1. The first-order valence-electron chi connectivity index (χ1n) is 5.89. The first-order valence-corrected chi connectivity index (χ1v) is 5.89. The smallest absolute Gasteiger partial charge is 0.337 e. The molecule has 0 spiro atoms. The van der Waals surface area contributed by atoms with E-state index < -0.39 is 5.97 Å². The Morgan fingerprint density at radius 1 is 1.25 bits per heavy atom. The molecule has 0 heterocycles. The zero-order valence-electron chi connectivity index (χ0n) is 10.9. The molecule has 100 valence electrons. The largest absolute Gasteiger partial charge is 0.478 e. The van der Waals surface area contributed by atoms with Gasteiger partial charge in [0.2, 0.25) is 0 Å². The van der Waals surface area contributed by atoms with Crippen LogP contribution >= 0.6 is 0 Å². The molecule has 0 aromatic heterocycles. The zero-order valence-corrected chi connectivity index (χ0v) is 10.9. The monoisotopic (exact) mass is 267 g/mol. The van der Waals surface area contributed by atoms with Crippen LogP contribution in [0.4, 0.5) is 17.1 Å². The van der Waals surface area contributed by atoms with Crippen LogP contribution in [0.1, 0.15) is 15.9 Å². The maximum absolute atomic E-state index is 11.1. The van der Waals surface area contributed by atoms with Crippen LogP contribution in [0.3, 0.4) is 0 Å². The molecule has 0 aliphatic heterocycles. The van der Waals surface area contributed by atoms with Crippen molar-refractivity contribution >= 4 is 23.0 Å². The van der Waals surface area contributed by atoms with E-state index in [1.807, 2.05) is 6.07 Å². The Labute approximate surface area is 116 Å². The van der Waals surface area contributed by atoms with Crippen LogP contribution < -0.4 is 10.6 Å². The third-order valence-corrected chi connectivity index (χ3v) is 3.02. The van der Waals surface area contributed by atoms with Crippen molar-refractivity contribution in [2.75, 3.05) is 17.7 Å². The van der Waals surface area contributed by atoms with Gasteiger partial charge in [0.1, 0.15) is 0 Å². The predicted octanol–water partition coefficient (Wildman–Crippen LogP) is 2.61. The highest BCUT2D eigenvalue weighted by molar-refractivity contribution is 5.95. The summed E-state index contributed by atoms with van der Waals surface area (Å²) in [6, 6.07) is 13.9. The molecule has 0 unspecified atom stereocenters. The first kappa shape index (κ1) is 13.4. The number of hydrogen-bond donors (Lipinski definition) is 2. The van der Waals surface area contributed by atoms with Gasteiger partial charge in [0, 0.05) is 24.1 Å². The van der Waals surface area contributed by atoms with E-state index in [0.717, 1.165) is 5.69 Å². The fraction of sp³-hybridized carbons (Fsp3) is 0.0667. The molecule has 0 atom stereocenters. The lowest BCUT2D eigenvalue weighted by Gasteiger charge is -2.20. The van der Waals surface area contributed by atoms with Crippen LogP contribution in [0.5, 0.6) is 0 Å². The molecule has 0 saturated carbocycles. The number of nitrogens with two attached hydrogens (primary N) is 1. The van der Waals surface area contributed by atoms with Gasteiger partial charge in [-0.2, -0.15) is 5.26 Å². The molecule has 5 heteroatoms. The number of nitrogen functional groups attached to an aromatic ring is 1. The third kappa shape index (κ3) is 2.54. The molecule has 0 aliphatic rings. The lowest BCUT2D eigenvalue weighted by atomic mass is 10.1. The van der Waals surface area contributed by atoms with Crippen molar-refractivity contribution in [2.45, 2.75) is 0 Å². The second kappa shape index (κ2) is 5.33. The van der Waals surface area contributed by atoms with E-state index >= 15 is 0 Å². The maximum Gasteiger partial charge on any atom is 0.337 e.